The fourth-order valence-corrected chi connectivity index (χ4v) is 1.93. The van der Waals surface area contributed by atoms with Gasteiger partial charge in [-0.05, 0) is 44.5 Å². The van der Waals surface area contributed by atoms with Gasteiger partial charge in [0, 0.05) is 36.2 Å². The molecule has 0 bridgehead atoms. The number of hydrogen-bond acceptors (Lipinski definition) is 1. The van der Waals surface area contributed by atoms with Crippen LogP contribution in [0.25, 0.3) is 0 Å². The van der Waals surface area contributed by atoms with E-state index in [1.165, 1.54) is 11.3 Å². The highest BCUT2D eigenvalue weighted by molar-refractivity contribution is 5.20. The van der Waals surface area contributed by atoms with Crippen LogP contribution in [0.1, 0.15) is 32.0 Å². The predicted molar refractivity (Wildman–Crippen MR) is 66.5 cm³/mol. The van der Waals surface area contributed by atoms with Crippen LogP contribution in [0, 0.1) is 0 Å². The van der Waals surface area contributed by atoms with Crippen molar-refractivity contribution in [1.82, 2.24) is 9.55 Å². The van der Waals surface area contributed by atoms with Gasteiger partial charge in [-0.3, -0.25) is 4.98 Å². The van der Waals surface area contributed by atoms with Crippen LogP contribution in [0.4, 0.5) is 0 Å². The molecule has 2 nitrogen and oxygen atoms in total. The van der Waals surface area contributed by atoms with E-state index in [0.29, 0.717) is 0 Å². The summed E-state index contributed by atoms with van der Waals surface area (Å²) in [6.45, 7) is 6.67. The van der Waals surface area contributed by atoms with Crippen molar-refractivity contribution >= 4 is 0 Å². The molecule has 84 valence electrons. The zero-order chi connectivity index (χ0) is 11.6. The van der Waals surface area contributed by atoms with Crippen LogP contribution in [0.15, 0.2) is 42.9 Å². The zero-order valence-corrected chi connectivity index (χ0v) is 10.1. The van der Waals surface area contributed by atoms with Gasteiger partial charge in [-0.2, -0.15) is 0 Å². The van der Waals surface area contributed by atoms with E-state index in [1.807, 2.05) is 18.5 Å². The standard InChI is InChI=1S/C14H18N2/c1-14(2,3)16-9-5-7-13(16)10-12-6-4-8-15-11-12/h4-9,11H,10H2,1-3H3. The van der Waals surface area contributed by atoms with E-state index in [1.54, 1.807) is 0 Å². The molecule has 0 radical (unpaired) electrons. The Morgan fingerprint density at radius 1 is 1.19 bits per heavy atom. The maximum atomic E-state index is 4.15. The molecule has 2 rings (SSSR count). The molecule has 0 spiro atoms. The average molecular weight is 214 g/mol. The van der Waals surface area contributed by atoms with Gasteiger partial charge in [0.1, 0.15) is 0 Å². The molecule has 0 aliphatic heterocycles. The molecule has 2 aromatic heterocycles. The summed E-state index contributed by atoms with van der Waals surface area (Å²) in [4.78, 5) is 4.15. The highest BCUT2D eigenvalue weighted by Gasteiger charge is 2.15. The minimum absolute atomic E-state index is 0.140. The number of hydrogen-bond donors (Lipinski definition) is 0. The Bertz CT molecular complexity index is 449. The zero-order valence-electron chi connectivity index (χ0n) is 10.1. The highest BCUT2D eigenvalue weighted by Crippen LogP contribution is 2.19. The van der Waals surface area contributed by atoms with Crippen molar-refractivity contribution in [3.8, 4) is 0 Å². The SMILES string of the molecule is CC(C)(C)n1cccc1Cc1cccnc1. The topological polar surface area (TPSA) is 17.8 Å². The Balaban J connectivity index is 2.26. The fourth-order valence-electron chi connectivity index (χ4n) is 1.93. The second-order valence-electron chi connectivity index (χ2n) is 5.08. The van der Waals surface area contributed by atoms with Crippen LogP contribution < -0.4 is 0 Å². The van der Waals surface area contributed by atoms with E-state index in [9.17, 15) is 0 Å². The quantitative estimate of drug-likeness (QED) is 0.750. The average Bonchev–Trinajstić information content (AvgIpc) is 2.67. The molecule has 0 atom stereocenters. The van der Waals surface area contributed by atoms with Gasteiger partial charge in [-0.15, -0.1) is 0 Å². The first-order valence-corrected chi connectivity index (χ1v) is 5.63. The third-order valence-electron chi connectivity index (χ3n) is 2.66. The van der Waals surface area contributed by atoms with Gasteiger partial charge in [0.15, 0.2) is 0 Å². The third kappa shape index (κ3) is 2.32. The molecule has 0 aliphatic carbocycles. The van der Waals surface area contributed by atoms with Crippen molar-refractivity contribution in [1.29, 1.82) is 0 Å². The minimum atomic E-state index is 0.140. The van der Waals surface area contributed by atoms with Gasteiger partial charge in [-0.1, -0.05) is 6.07 Å². The molecule has 2 aromatic rings. The maximum Gasteiger partial charge on any atom is 0.0358 e. The predicted octanol–water partition coefficient (Wildman–Crippen LogP) is 3.23. The smallest absolute Gasteiger partial charge is 0.0358 e. The third-order valence-corrected chi connectivity index (χ3v) is 2.66. The summed E-state index contributed by atoms with van der Waals surface area (Å²) < 4.78 is 2.32. The molecule has 0 amide bonds. The lowest BCUT2D eigenvalue weighted by Gasteiger charge is -2.24. The molecule has 0 saturated carbocycles. The van der Waals surface area contributed by atoms with Gasteiger partial charge in [0.05, 0.1) is 0 Å². The molecular weight excluding hydrogens is 196 g/mol. The molecular formula is C14H18N2. The Labute approximate surface area is 97.0 Å². The second kappa shape index (κ2) is 4.12. The number of pyridine rings is 1. The van der Waals surface area contributed by atoms with Gasteiger partial charge < -0.3 is 4.57 Å². The lowest BCUT2D eigenvalue weighted by molar-refractivity contribution is 0.388. The van der Waals surface area contributed by atoms with E-state index < -0.39 is 0 Å². The first kappa shape index (κ1) is 10.9. The van der Waals surface area contributed by atoms with E-state index >= 15 is 0 Å². The molecule has 0 aliphatic rings. The molecule has 0 aromatic carbocycles. The summed E-state index contributed by atoms with van der Waals surface area (Å²) in [6, 6.07) is 8.39. The van der Waals surface area contributed by atoms with E-state index in [4.69, 9.17) is 0 Å². The Hall–Kier alpha value is -1.57. The summed E-state index contributed by atoms with van der Waals surface area (Å²) >= 11 is 0. The van der Waals surface area contributed by atoms with E-state index in [0.717, 1.165) is 6.42 Å². The van der Waals surface area contributed by atoms with Gasteiger partial charge >= 0.3 is 0 Å². The van der Waals surface area contributed by atoms with E-state index in [2.05, 4.69) is 54.7 Å². The lowest BCUT2D eigenvalue weighted by Crippen LogP contribution is -2.23. The molecule has 0 fully saturated rings. The summed E-state index contributed by atoms with van der Waals surface area (Å²) in [5, 5.41) is 0. The van der Waals surface area contributed by atoms with Crippen molar-refractivity contribution in [2.45, 2.75) is 32.7 Å². The van der Waals surface area contributed by atoms with Gasteiger partial charge in [-0.25, -0.2) is 0 Å². The van der Waals surface area contributed by atoms with Crippen molar-refractivity contribution < 1.29 is 0 Å². The van der Waals surface area contributed by atoms with Crippen LogP contribution in [0.5, 0.6) is 0 Å². The van der Waals surface area contributed by atoms with Crippen molar-refractivity contribution in [2.24, 2.45) is 0 Å². The summed E-state index contributed by atoms with van der Waals surface area (Å²) in [5.74, 6) is 0. The fraction of sp³-hybridized carbons (Fsp3) is 0.357. The first-order valence-electron chi connectivity index (χ1n) is 5.63. The molecule has 0 saturated heterocycles. The molecule has 2 heteroatoms. The Morgan fingerprint density at radius 3 is 2.62 bits per heavy atom. The lowest BCUT2D eigenvalue weighted by atomic mass is 10.1. The van der Waals surface area contributed by atoms with Crippen LogP contribution in [-0.4, -0.2) is 9.55 Å². The molecule has 0 N–H and O–H groups in total. The Kier molecular flexibility index (Phi) is 2.82. The minimum Gasteiger partial charge on any atom is -0.346 e. The second-order valence-corrected chi connectivity index (χ2v) is 5.08. The van der Waals surface area contributed by atoms with E-state index in [-0.39, 0.29) is 5.54 Å². The van der Waals surface area contributed by atoms with Gasteiger partial charge in [0.25, 0.3) is 0 Å². The van der Waals surface area contributed by atoms with Crippen LogP contribution >= 0.6 is 0 Å². The molecule has 16 heavy (non-hydrogen) atoms. The van der Waals surface area contributed by atoms with Crippen LogP contribution in [0.3, 0.4) is 0 Å². The first-order chi connectivity index (χ1) is 7.57. The normalized spacial score (nSPS) is 11.7. The largest absolute Gasteiger partial charge is 0.346 e. The maximum absolute atomic E-state index is 4.15. The molecule has 2 heterocycles. The summed E-state index contributed by atoms with van der Waals surface area (Å²) in [7, 11) is 0. The molecule has 0 unspecified atom stereocenters. The van der Waals surface area contributed by atoms with Gasteiger partial charge in [0.2, 0.25) is 0 Å². The summed E-state index contributed by atoms with van der Waals surface area (Å²) in [6.07, 6.45) is 6.83. The number of rotatable bonds is 2. The monoisotopic (exact) mass is 214 g/mol. The van der Waals surface area contributed by atoms with Crippen molar-refractivity contribution in [3.63, 3.8) is 0 Å². The number of nitrogens with zero attached hydrogens (tertiary/aromatic N) is 2. The van der Waals surface area contributed by atoms with Crippen LogP contribution in [-0.2, 0) is 12.0 Å². The number of aromatic nitrogens is 2. The highest BCUT2D eigenvalue weighted by atomic mass is 15.0. The summed E-state index contributed by atoms with van der Waals surface area (Å²) in [5.41, 5.74) is 2.73. The van der Waals surface area contributed by atoms with Crippen LogP contribution in [0.2, 0.25) is 0 Å². The Morgan fingerprint density at radius 2 is 2.00 bits per heavy atom. The van der Waals surface area contributed by atoms with Crippen molar-refractivity contribution in [3.05, 3.63) is 54.1 Å². The van der Waals surface area contributed by atoms with Crippen molar-refractivity contribution in [2.75, 3.05) is 0 Å².